The predicted octanol–water partition coefficient (Wildman–Crippen LogP) is 1.81. The SMILES string of the molecule is Cc1noc(C)c1COc1ccc(C(=O)N2C[C@@H](F)C[C@H]2Cn2cc(C(N)=O)nn2)cc1. The minimum absolute atomic E-state index is 0.00876. The lowest BCUT2D eigenvalue weighted by molar-refractivity contribution is 0.0714. The van der Waals surface area contributed by atoms with Crippen LogP contribution in [-0.4, -0.2) is 55.6 Å². The zero-order chi connectivity index (χ0) is 22.8. The number of nitrogens with zero attached hydrogens (tertiary/aromatic N) is 5. The van der Waals surface area contributed by atoms with E-state index >= 15 is 0 Å². The average molecular weight is 442 g/mol. The van der Waals surface area contributed by atoms with Gasteiger partial charge in [-0.05, 0) is 38.1 Å². The largest absolute Gasteiger partial charge is 0.489 e. The quantitative estimate of drug-likeness (QED) is 0.591. The number of carbonyl (C=O) groups is 2. The topological polar surface area (TPSA) is 129 Å². The van der Waals surface area contributed by atoms with Gasteiger partial charge in [-0.2, -0.15) is 0 Å². The summed E-state index contributed by atoms with van der Waals surface area (Å²) in [6, 6.07) is 6.26. The fraction of sp³-hybridized carbons (Fsp3) is 0.381. The van der Waals surface area contributed by atoms with E-state index in [2.05, 4.69) is 15.5 Å². The second-order valence-corrected chi connectivity index (χ2v) is 7.75. The number of hydrogen-bond acceptors (Lipinski definition) is 7. The Morgan fingerprint density at radius 3 is 2.66 bits per heavy atom. The van der Waals surface area contributed by atoms with Gasteiger partial charge in [0.05, 0.1) is 36.6 Å². The lowest BCUT2D eigenvalue weighted by Gasteiger charge is -2.24. The Kier molecular flexibility index (Phi) is 5.89. The number of halogens is 1. The highest BCUT2D eigenvalue weighted by Crippen LogP contribution is 2.25. The van der Waals surface area contributed by atoms with Crippen LogP contribution in [-0.2, 0) is 13.2 Å². The van der Waals surface area contributed by atoms with E-state index < -0.39 is 18.1 Å². The first-order chi connectivity index (χ1) is 15.3. The molecule has 3 heterocycles. The van der Waals surface area contributed by atoms with E-state index in [1.54, 1.807) is 24.3 Å². The molecule has 1 aliphatic heterocycles. The third-order valence-corrected chi connectivity index (χ3v) is 5.48. The fourth-order valence-electron chi connectivity index (χ4n) is 3.72. The third-order valence-electron chi connectivity index (χ3n) is 5.48. The summed E-state index contributed by atoms with van der Waals surface area (Å²) in [7, 11) is 0. The molecule has 2 N–H and O–H groups in total. The van der Waals surface area contributed by atoms with Gasteiger partial charge in [-0.25, -0.2) is 9.07 Å². The molecule has 2 atom stereocenters. The number of likely N-dealkylation sites (tertiary alicyclic amines) is 1. The number of ether oxygens (including phenoxy) is 1. The van der Waals surface area contributed by atoms with Gasteiger partial charge < -0.3 is 19.9 Å². The van der Waals surface area contributed by atoms with Crippen LogP contribution in [0.5, 0.6) is 5.75 Å². The standard InChI is InChI=1S/C21H23FN6O4/c1-12-18(13(2)32-25-12)11-31-17-5-3-14(4-6-17)21(30)28-8-15(22)7-16(28)9-27-10-19(20(23)29)24-26-27/h3-6,10,15-16H,7-9,11H2,1-2H3,(H2,23,29)/t15-,16-/m0/s1. The van der Waals surface area contributed by atoms with Crippen LogP contribution >= 0.6 is 0 Å². The molecule has 0 radical (unpaired) electrons. The monoisotopic (exact) mass is 442 g/mol. The zero-order valence-electron chi connectivity index (χ0n) is 17.7. The molecule has 1 aliphatic rings. The third kappa shape index (κ3) is 4.46. The molecule has 2 aromatic heterocycles. The molecule has 32 heavy (non-hydrogen) atoms. The molecule has 11 heteroatoms. The Labute approximate surface area is 183 Å². The van der Waals surface area contributed by atoms with Crippen molar-refractivity contribution >= 4 is 11.8 Å². The summed E-state index contributed by atoms with van der Waals surface area (Å²) in [6.07, 6.45) is 0.429. The minimum atomic E-state index is -1.14. The Balaban J connectivity index is 1.42. The maximum Gasteiger partial charge on any atom is 0.270 e. The van der Waals surface area contributed by atoms with Gasteiger partial charge in [-0.15, -0.1) is 5.10 Å². The van der Waals surface area contributed by atoms with Crippen LogP contribution < -0.4 is 10.5 Å². The van der Waals surface area contributed by atoms with Crippen molar-refractivity contribution in [1.29, 1.82) is 0 Å². The van der Waals surface area contributed by atoms with Crippen molar-refractivity contribution in [3.05, 3.63) is 58.7 Å². The lowest BCUT2D eigenvalue weighted by atomic mass is 10.1. The Hall–Kier alpha value is -3.76. The molecule has 0 spiro atoms. The van der Waals surface area contributed by atoms with Crippen LogP contribution in [0.3, 0.4) is 0 Å². The molecule has 1 fully saturated rings. The lowest BCUT2D eigenvalue weighted by Crippen LogP contribution is -2.38. The molecule has 4 rings (SSSR count). The van der Waals surface area contributed by atoms with E-state index in [-0.39, 0.29) is 31.1 Å². The summed E-state index contributed by atoms with van der Waals surface area (Å²) < 4.78 is 26.4. The second-order valence-electron chi connectivity index (χ2n) is 7.75. The van der Waals surface area contributed by atoms with E-state index in [0.29, 0.717) is 23.7 Å². The molecular formula is C21H23FN6O4. The maximum atomic E-state index is 14.2. The summed E-state index contributed by atoms with van der Waals surface area (Å²) in [4.78, 5) is 25.7. The molecule has 0 saturated carbocycles. The average Bonchev–Trinajstić information content (AvgIpc) is 3.46. The van der Waals surface area contributed by atoms with Crippen molar-refractivity contribution in [3.8, 4) is 5.75 Å². The Bertz CT molecular complexity index is 1110. The molecule has 168 valence electrons. The highest BCUT2D eigenvalue weighted by atomic mass is 19.1. The van der Waals surface area contributed by atoms with E-state index in [4.69, 9.17) is 15.0 Å². The van der Waals surface area contributed by atoms with Crippen LogP contribution in [0.1, 0.15) is 44.3 Å². The number of amides is 2. The van der Waals surface area contributed by atoms with Crippen molar-refractivity contribution < 1.29 is 23.2 Å². The van der Waals surface area contributed by atoms with Crippen LogP contribution in [0, 0.1) is 13.8 Å². The van der Waals surface area contributed by atoms with Crippen molar-refractivity contribution in [1.82, 2.24) is 25.1 Å². The number of nitrogens with two attached hydrogens (primary N) is 1. The van der Waals surface area contributed by atoms with Gasteiger partial charge >= 0.3 is 0 Å². The molecule has 2 amide bonds. The summed E-state index contributed by atoms with van der Waals surface area (Å²) >= 11 is 0. The normalized spacial score (nSPS) is 18.2. The van der Waals surface area contributed by atoms with E-state index in [1.165, 1.54) is 15.8 Å². The van der Waals surface area contributed by atoms with Gasteiger partial charge in [0.1, 0.15) is 24.3 Å². The van der Waals surface area contributed by atoms with Crippen LogP contribution in [0.4, 0.5) is 4.39 Å². The van der Waals surface area contributed by atoms with Gasteiger partial charge in [0.2, 0.25) is 0 Å². The van der Waals surface area contributed by atoms with Crippen molar-refractivity contribution in [2.75, 3.05) is 6.54 Å². The minimum Gasteiger partial charge on any atom is -0.489 e. The Morgan fingerprint density at radius 1 is 1.28 bits per heavy atom. The number of hydrogen-bond donors (Lipinski definition) is 1. The molecular weight excluding hydrogens is 419 g/mol. The summed E-state index contributed by atoms with van der Waals surface area (Å²) in [5.74, 6) is 0.299. The number of carbonyl (C=O) groups excluding carboxylic acids is 2. The highest BCUT2D eigenvalue weighted by Gasteiger charge is 2.36. The van der Waals surface area contributed by atoms with Gasteiger partial charge in [0, 0.05) is 12.0 Å². The number of aromatic nitrogens is 4. The first-order valence-electron chi connectivity index (χ1n) is 10.1. The predicted molar refractivity (Wildman–Crippen MR) is 110 cm³/mol. The molecule has 3 aromatic rings. The van der Waals surface area contributed by atoms with Gasteiger partial charge in [0.15, 0.2) is 5.69 Å². The summed E-state index contributed by atoms with van der Waals surface area (Å²) in [5.41, 5.74) is 7.28. The van der Waals surface area contributed by atoms with E-state index in [9.17, 15) is 14.0 Å². The van der Waals surface area contributed by atoms with Crippen LogP contribution in [0.2, 0.25) is 0 Å². The van der Waals surface area contributed by atoms with Crippen molar-refractivity contribution in [2.45, 2.75) is 45.6 Å². The molecule has 0 unspecified atom stereocenters. The van der Waals surface area contributed by atoms with Gasteiger partial charge in [-0.3, -0.25) is 9.59 Å². The molecule has 1 aromatic carbocycles. The second kappa shape index (κ2) is 8.77. The summed E-state index contributed by atoms with van der Waals surface area (Å²) in [5, 5.41) is 11.4. The molecule has 0 bridgehead atoms. The maximum absolute atomic E-state index is 14.2. The van der Waals surface area contributed by atoms with E-state index in [1.807, 2.05) is 13.8 Å². The van der Waals surface area contributed by atoms with Crippen LogP contribution in [0.15, 0.2) is 35.0 Å². The number of benzene rings is 1. The number of aryl methyl sites for hydroxylation is 2. The zero-order valence-corrected chi connectivity index (χ0v) is 17.7. The van der Waals surface area contributed by atoms with Crippen molar-refractivity contribution in [2.24, 2.45) is 5.73 Å². The fourth-order valence-corrected chi connectivity index (χ4v) is 3.72. The van der Waals surface area contributed by atoms with Crippen molar-refractivity contribution in [3.63, 3.8) is 0 Å². The Morgan fingerprint density at radius 2 is 2.03 bits per heavy atom. The summed E-state index contributed by atoms with van der Waals surface area (Å²) in [6.45, 7) is 4.17. The molecule has 0 aliphatic carbocycles. The molecule has 10 nitrogen and oxygen atoms in total. The highest BCUT2D eigenvalue weighted by molar-refractivity contribution is 5.94. The first-order valence-corrected chi connectivity index (χ1v) is 10.1. The number of alkyl halides is 1. The number of rotatable bonds is 7. The van der Waals surface area contributed by atoms with Gasteiger partial charge in [-0.1, -0.05) is 10.4 Å². The van der Waals surface area contributed by atoms with Crippen LogP contribution in [0.25, 0.3) is 0 Å². The smallest absolute Gasteiger partial charge is 0.270 e. The van der Waals surface area contributed by atoms with E-state index in [0.717, 1.165) is 11.3 Å². The number of primary amides is 1. The van der Waals surface area contributed by atoms with Gasteiger partial charge in [0.25, 0.3) is 11.8 Å². The molecule has 1 saturated heterocycles. The first kappa shape index (κ1) is 21.5.